The Hall–Kier alpha value is -1.06. The van der Waals surface area contributed by atoms with Crippen molar-refractivity contribution in [3.05, 3.63) is 29.3 Å². The molecule has 0 aliphatic carbocycles. The summed E-state index contributed by atoms with van der Waals surface area (Å²) >= 11 is 0. The van der Waals surface area contributed by atoms with E-state index in [4.69, 9.17) is 4.74 Å². The Morgan fingerprint density at radius 1 is 1.21 bits per heavy atom. The molecule has 3 nitrogen and oxygen atoms in total. The molecule has 0 fully saturated rings. The van der Waals surface area contributed by atoms with Crippen LogP contribution in [0.1, 0.15) is 50.2 Å². The number of benzene rings is 1. The van der Waals surface area contributed by atoms with Gasteiger partial charge in [0.25, 0.3) is 0 Å². The topological polar surface area (TPSA) is 49.7 Å². The zero-order valence-electron chi connectivity index (χ0n) is 12.4. The molecular weight excluding hydrogens is 240 g/mol. The molecule has 0 radical (unpaired) electrons. The summed E-state index contributed by atoms with van der Waals surface area (Å²) in [6.45, 7) is 6.13. The molecule has 3 atom stereocenters. The van der Waals surface area contributed by atoms with Crippen molar-refractivity contribution in [1.29, 1.82) is 0 Å². The van der Waals surface area contributed by atoms with Gasteiger partial charge in [-0.05, 0) is 48.9 Å². The molecule has 0 saturated heterocycles. The average molecular weight is 266 g/mol. The summed E-state index contributed by atoms with van der Waals surface area (Å²) in [5.74, 6) is 1.06. The number of aliphatic hydroxyl groups excluding tert-OH is 2. The smallest absolute Gasteiger partial charge is 0.119 e. The molecule has 0 aliphatic heterocycles. The van der Waals surface area contributed by atoms with Crippen molar-refractivity contribution in [1.82, 2.24) is 0 Å². The molecule has 1 aromatic rings. The minimum atomic E-state index is -0.656. The van der Waals surface area contributed by atoms with E-state index in [1.165, 1.54) is 5.56 Å². The molecule has 19 heavy (non-hydrogen) atoms. The van der Waals surface area contributed by atoms with Crippen LogP contribution in [0, 0.1) is 6.92 Å². The van der Waals surface area contributed by atoms with Gasteiger partial charge in [-0.3, -0.25) is 0 Å². The SMILES string of the molecule is CCCC(O)C(O)CC(C)c1ccc(OC)cc1C. The summed E-state index contributed by atoms with van der Waals surface area (Å²) in [4.78, 5) is 0. The summed E-state index contributed by atoms with van der Waals surface area (Å²) in [5.41, 5.74) is 2.35. The molecular formula is C16H26O3. The fourth-order valence-electron chi connectivity index (χ4n) is 2.46. The van der Waals surface area contributed by atoms with Gasteiger partial charge in [-0.2, -0.15) is 0 Å². The molecule has 0 aliphatic rings. The van der Waals surface area contributed by atoms with Gasteiger partial charge in [0.05, 0.1) is 19.3 Å². The minimum Gasteiger partial charge on any atom is -0.497 e. The summed E-state index contributed by atoms with van der Waals surface area (Å²) in [6, 6.07) is 5.98. The Morgan fingerprint density at radius 2 is 1.89 bits per heavy atom. The second-order valence-corrected chi connectivity index (χ2v) is 5.28. The number of methoxy groups -OCH3 is 1. The monoisotopic (exact) mass is 266 g/mol. The van der Waals surface area contributed by atoms with Crippen LogP contribution in [0.2, 0.25) is 0 Å². The second-order valence-electron chi connectivity index (χ2n) is 5.28. The Labute approximate surface area is 116 Å². The predicted octanol–water partition coefficient (Wildman–Crippen LogP) is 3.02. The third-order valence-electron chi connectivity index (χ3n) is 3.63. The molecule has 108 valence electrons. The number of rotatable bonds is 7. The molecule has 0 heterocycles. The van der Waals surface area contributed by atoms with Crippen molar-refractivity contribution in [3.8, 4) is 5.75 Å². The lowest BCUT2D eigenvalue weighted by Crippen LogP contribution is -2.27. The highest BCUT2D eigenvalue weighted by atomic mass is 16.5. The van der Waals surface area contributed by atoms with Crippen LogP contribution in [0.4, 0.5) is 0 Å². The zero-order valence-corrected chi connectivity index (χ0v) is 12.4. The molecule has 3 unspecified atom stereocenters. The lowest BCUT2D eigenvalue weighted by atomic mass is 9.89. The van der Waals surface area contributed by atoms with Gasteiger partial charge >= 0.3 is 0 Å². The summed E-state index contributed by atoms with van der Waals surface area (Å²) < 4.78 is 5.19. The Bertz CT molecular complexity index is 390. The molecule has 0 aromatic heterocycles. The van der Waals surface area contributed by atoms with Crippen molar-refractivity contribution >= 4 is 0 Å². The predicted molar refractivity (Wildman–Crippen MR) is 77.7 cm³/mol. The summed E-state index contributed by atoms with van der Waals surface area (Å²) in [6.07, 6.45) is 0.834. The fourth-order valence-corrected chi connectivity index (χ4v) is 2.46. The van der Waals surface area contributed by atoms with Crippen LogP contribution >= 0.6 is 0 Å². The lowest BCUT2D eigenvalue weighted by Gasteiger charge is -2.22. The number of ether oxygens (including phenoxy) is 1. The van der Waals surface area contributed by atoms with E-state index in [-0.39, 0.29) is 5.92 Å². The molecule has 3 heteroatoms. The molecule has 0 saturated carbocycles. The van der Waals surface area contributed by atoms with Crippen LogP contribution < -0.4 is 4.74 Å². The maximum absolute atomic E-state index is 10.00. The van der Waals surface area contributed by atoms with E-state index in [2.05, 4.69) is 6.92 Å². The van der Waals surface area contributed by atoms with Gasteiger partial charge in [-0.25, -0.2) is 0 Å². The van der Waals surface area contributed by atoms with E-state index in [0.717, 1.165) is 17.7 Å². The normalized spacial score (nSPS) is 15.9. The van der Waals surface area contributed by atoms with E-state index in [9.17, 15) is 10.2 Å². The first-order valence-corrected chi connectivity index (χ1v) is 7.00. The van der Waals surface area contributed by atoms with E-state index < -0.39 is 12.2 Å². The number of hydrogen-bond donors (Lipinski definition) is 2. The maximum Gasteiger partial charge on any atom is 0.119 e. The van der Waals surface area contributed by atoms with Gasteiger partial charge in [0.15, 0.2) is 0 Å². The Balaban J connectivity index is 2.70. The van der Waals surface area contributed by atoms with Crippen molar-refractivity contribution < 1.29 is 14.9 Å². The van der Waals surface area contributed by atoms with Crippen LogP contribution in [-0.2, 0) is 0 Å². The van der Waals surface area contributed by atoms with Crippen molar-refractivity contribution in [3.63, 3.8) is 0 Å². The van der Waals surface area contributed by atoms with Gasteiger partial charge in [0.1, 0.15) is 5.75 Å². The second kappa shape index (κ2) is 7.51. The number of aliphatic hydroxyl groups is 2. The van der Waals surface area contributed by atoms with E-state index in [1.54, 1.807) is 7.11 Å². The average Bonchev–Trinajstić information content (AvgIpc) is 2.38. The van der Waals surface area contributed by atoms with Crippen LogP contribution in [0.5, 0.6) is 5.75 Å². The first kappa shape index (κ1) is 16.0. The van der Waals surface area contributed by atoms with Crippen molar-refractivity contribution in [2.24, 2.45) is 0 Å². The van der Waals surface area contributed by atoms with Crippen LogP contribution in [-0.4, -0.2) is 29.5 Å². The Morgan fingerprint density at radius 3 is 2.42 bits per heavy atom. The highest BCUT2D eigenvalue weighted by Crippen LogP contribution is 2.28. The highest BCUT2D eigenvalue weighted by molar-refractivity contribution is 5.36. The zero-order chi connectivity index (χ0) is 14.4. The standard InChI is InChI=1S/C16H26O3/c1-5-6-15(17)16(18)10-12(3)14-8-7-13(19-4)9-11(14)2/h7-9,12,15-18H,5-6,10H2,1-4H3. The summed E-state index contributed by atoms with van der Waals surface area (Å²) in [5, 5.41) is 19.8. The van der Waals surface area contributed by atoms with E-state index >= 15 is 0 Å². The molecule has 2 N–H and O–H groups in total. The van der Waals surface area contributed by atoms with Gasteiger partial charge in [-0.15, -0.1) is 0 Å². The summed E-state index contributed by atoms with van der Waals surface area (Å²) in [7, 11) is 1.66. The van der Waals surface area contributed by atoms with Crippen LogP contribution in [0.25, 0.3) is 0 Å². The molecule has 0 spiro atoms. The quantitative estimate of drug-likeness (QED) is 0.797. The maximum atomic E-state index is 10.00. The fraction of sp³-hybridized carbons (Fsp3) is 0.625. The van der Waals surface area contributed by atoms with Crippen LogP contribution in [0.3, 0.4) is 0 Å². The van der Waals surface area contributed by atoms with E-state index in [1.807, 2.05) is 32.0 Å². The first-order chi connectivity index (χ1) is 8.99. The Kier molecular flexibility index (Phi) is 6.32. The van der Waals surface area contributed by atoms with Gasteiger partial charge in [-0.1, -0.05) is 26.3 Å². The number of aryl methyl sites for hydroxylation is 1. The van der Waals surface area contributed by atoms with E-state index in [0.29, 0.717) is 12.8 Å². The number of hydrogen-bond acceptors (Lipinski definition) is 3. The molecule has 1 rings (SSSR count). The van der Waals surface area contributed by atoms with Gasteiger partial charge in [0.2, 0.25) is 0 Å². The van der Waals surface area contributed by atoms with Crippen LogP contribution in [0.15, 0.2) is 18.2 Å². The lowest BCUT2D eigenvalue weighted by molar-refractivity contribution is 0.00635. The first-order valence-electron chi connectivity index (χ1n) is 7.00. The highest BCUT2D eigenvalue weighted by Gasteiger charge is 2.20. The van der Waals surface area contributed by atoms with Crippen molar-refractivity contribution in [2.45, 2.75) is 58.2 Å². The van der Waals surface area contributed by atoms with Crippen molar-refractivity contribution in [2.75, 3.05) is 7.11 Å². The third kappa shape index (κ3) is 4.51. The molecule has 0 amide bonds. The largest absolute Gasteiger partial charge is 0.497 e. The molecule has 1 aromatic carbocycles. The van der Waals surface area contributed by atoms with Gasteiger partial charge in [0, 0.05) is 0 Å². The third-order valence-corrected chi connectivity index (χ3v) is 3.63. The minimum absolute atomic E-state index is 0.215. The molecule has 0 bridgehead atoms. The van der Waals surface area contributed by atoms with Gasteiger partial charge < -0.3 is 14.9 Å².